The molecule has 2 aliphatic carbocycles. The van der Waals surface area contributed by atoms with E-state index in [1.54, 1.807) is 39.5 Å². The van der Waals surface area contributed by atoms with E-state index in [0.29, 0.717) is 19.4 Å². The largest absolute Gasteiger partial charge is 0.481 e. The van der Waals surface area contributed by atoms with Gasteiger partial charge in [0, 0.05) is 30.9 Å². The summed E-state index contributed by atoms with van der Waals surface area (Å²) in [7, 11) is -1.64. The van der Waals surface area contributed by atoms with E-state index in [0.717, 1.165) is 24.8 Å². The fraction of sp³-hybridized carbons (Fsp3) is 0.745. The average Bonchev–Trinajstić information content (AvgIpc) is 3.41. The Morgan fingerprint density at radius 2 is 1.51 bits per heavy atom. The van der Waals surface area contributed by atoms with Gasteiger partial charge < -0.3 is 25.8 Å². The van der Waals surface area contributed by atoms with Gasteiger partial charge in [0.1, 0.15) is 12.1 Å². The molecule has 2 saturated carbocycles. The van der Waals surface area contributed by atoms with Crippen molar-refractivity contribution >= 4 is 51.1 Å². The van der Waals surface area contributed by atoms with E-state index in [1.807, 2.05) is 90.7 Å². The number of ether oxygens (including phenoxy) is 1. The Kier molecular flexibility index (Phi) is 18.8. The van der Waals surface area contributed by atoms with Gasteiger partial charge in [-0.2, -0.15) is 0 Å². The molecule has 0 bridgehead atoms. The molecule has 16 heteroatoms. The van der Waals surface area contributed by atoms with Crippen LogP contribution in [-0.2, 0) is 48.1 Å². The Hall–Kier alpha value is -4.18. The number of aliphatic carboxylic acids is 1. The number of ketones is 2. The summed E-state index contributed by atoms with van der Waals surface area (Å²) in [5.74, 6) is -4.43. The zero-order valence-electron chi connectivity index (χ0n) is 42.9. The van der Waals surface area contributed by atoms with Crippen LogP contribution < -0.4 is 11.1 Å². The van der Waals surface area contributed by atoms with Crippen molar-refractivity contribution in [3.8, 4) is 0 Å². The second kappa shape index (κ2) is 22.1. The predicted molar refractivity (Wildman–Crippen MR) is 258 cm³/mol. The van der Waals surface area contributed by atoms with Crippen molar-refractivity contribution in [2.24, 2.45) is 57.5 Å². The SMILES string of the molecule is CC(C)C(=O)O.CC(C)C[C@](C)(CC(=O)N[C@@H](C(=O)N1C[C@H]2[C@@H]([C@H]1C(=O)CC(CC1CCC1)C(=O)C(N)=O)C2(C)C)C(C)(C)C)CS(=O)(=O)C(C)(C)C.C[C@@H]1C(=O)O[C@H](c2ccccc2)N1C. The van der Waals surface area contributed by atoms with Crippen molar-refractivity contribution < 1.29 is 51.8 Å². The highest BCUT2D eigenvalue weighted by molar-refractivity contribution is 7.92. The minimum absolute atomic E-state index is 0.0704. The number of nitrogens with one attached hydrogen (secondary N) is 1. The zero-order valence-corrected chi connectivity index (χ0v) is 43.8. The highest BCUT2D eigenvalue weighted by Crippen LogP contribution is 2.65. The van der Waals surface area contributed by atoms with Crippen LogP contribution in [0.3, 0.4) is 0 Å². The summed E-state index contributed by atoms with van der Waals surface area (Å²) in [4.78, 5) is 91.4. The van der Waals surface area contributed by atoms with Crippen LogP contribution in [-0.4, -0.2) is 107 Å². The van der Waals surface area contributed by atoms with E-state index in [1.165, 1.54) is 0 Å². The number of benzene rings is 1. The van der Waals surface area contributed by atoms with E-state index in [2.05, 4.69) is 19.2 Å². The predicted octanol–water partition coefficient (Wildman–Crippen LogP) is 6.77. The summed E-state index contributed by atoms with van der Waals surface area (Å²) in [5, 5.41) is 11.0. The lowest BCUT2D eigenvalue weighted by Gasteiger charge is -2.39. The number of carboxylic acid groups (broad SMARTS) is 1. The third-order valence-electron chi connectivity index (χ3n) is 14.2. The molecule has 5 rings (SSSR count). The van der Waals surface area contributed by atoms with Crippen LogP contribution in [0.5, 0.6) is 0 Å². The van der Waals surface area contributed by atoms with Gasteiger partial charge in [-0.05, 0) is 87.5 Å². The van der Waals surface area contributed by atoms with Crippen LogP contribution in [0.4, 0.5) is 0 Å². The number of cyclic esters (lactones) is 1. The number of Topliss-reactive ketones (excluding diaryl/α,β-unsaturated/α-hetero) is 2. The normalized spacial score (nSPS) is 24.3. The highest BCUT2D eigenvalue weighted by atomic mass is 32.2. The Morgan fingerprint density at radius 1 is 0.955 bits per heavy atom. The van der Waals surface area contributed by atoms with E-state index in [9.17, 15) is 42.0 Å². The number of sulfone groups is 1. The van der Waals surface area contributed by atoms with Crippen molar-refractivity contribution in [2.75, 3.05) is 19.3 Å². The first-order chi connectivity index (χ1) is 30.6. The molecule has 8 atom stereocenters. The molecule has 4 aliphatic rings. The molecule has 1 aromatic rings. The van der Waals surface area contributed by atoms with Gasteiger partial charge in [-0.25, -0.2) is 8.42 Å². The molecule has 2 aliphatic heterocycles. The number of carboxylic acids is 1. The molecular formula is C51H82N4O11S. The van der Waals surface area contributed by atoms with E-state index in [4.69, 9.17) is 15.6 Å². The Morgan fingerprint density at radius 3 is 1.93 bits per heavy atom. The minimum Gasteiger partial charge on any atom is -0.481 e. The number of esters is 1. The molecule has 2 saturated heterocycles. The molecule has 0 radical (unpaired) electrons. The maximum atomic E-state index is 14.4. The van der Waals surface area contributed by atoms with Crippen molar-refractivity contribution in [3.63, 3.8) is 0 Å². The van der Waals surface area contributed by atoms with Crippen LogP contribution in [0.15, 0.2) is 30.3 Å². The molecule has 1 aromatic carbocycles. The maximum Gasteiger partial charge on any atom is 0.325 e. The number of piperidine rings is 1. The van der Waals surface area contributed by atoms with Crippen molar-refractivity contribution in [3.05, 3.63) is 35.9 Å². The molecule has 1 unspecified atom stereocenters. The minimum atomic E-state index is -3.54. The first-order valence-corrected chi connectivity index (χ1v) is 25.6. The Bertz CT molecular complexity index is 2070. The number of nitrogens with two attached hydrogens (primary N) is 1. The number of nitrogens with zero attached hydrogens (tertiary/aromatic N) is 2. The zero-order chi connectivity index (χ0) is 51.4. The van der Waals surface area contributed by atoms with Gasteiger partial charge in [0.05, 0.1) is 22.5 Å². The second-order valence-electron chi connectivity index (χ2n) is 23.4. The number of fused-ring (bicyclic) bond motifs is 1. The van der Waals surface area contributed by atoms with Crippen LogP contribution in [0, 0.1) is 51.8 Å². The smallest absolute Gasteiger partial charge is 0.325 e. The third-order valence-corrected chi connectivity index (χ3v) is 17.2. The molecule has 3 amide bonds. The summed E-state index contributed by atoms with van der Waals surface area (Å²) >= 11 is 0. The van der Waals surface area contributed by atoms with E-state index in [-0.39, 0.29) is 83.5 Å². The van der Waals surface area contributed by atoms with Gasteiger partial charge in [-0.3, -0.25) is 38.5 Å². The lowest BCUT2D eigenvalue weighted by molar-refractivity contribution is -0.146. The van der Waals surface area contributed by atoms with E-state index >= 15 is 0 Å². The number of rotatable bonds is 17. The molecule has 0 aromatic heterocycles. The Balaban J connectivity index is 0.000000486. The van der Waals surface area contributed by atoms with Crippen LogP contribution in [0.2, 0.25) is 0 Å². The molecule has 67 heavy (non-hydrogen) atoms. The van der Waals surface area contributed by atoms with Crippen LogP contribution >= 0.6 is 0 Å². The Labute approximate surface area is 400 Å². The van der Waals surface area contributed by atoms with Gasteiger partial charge in [-0.1, -0.05) is 119 Å². The summed E-state index contributed by atoms with van der Waals surface area (Å²) in [6, 6.07) is 7.88. The number of hydrogen-bond donors (Lipinski definition) is 3. The van der Waals surface area contributed by atoms with Gasteiger partial charge in [-0.15, -0.1) is 0 Å². The summed E-state index contributed by atoms with van der Waals surface area (Å²) < 4.78 is 30.8. The number of likely N-dealkylation sites (N-methyl/N-ethyl adjacent to an activating group) is 1. The number of hydrogen-bond acceptors (Lipinski definition) is 11. The average molecular weight is 959 g/mol. The number of carbonyl (C=O) groups excluding carboxylic acids is 6. The quantitative estimate of drug-likeness (QED) is 0.109. The summed E-state index contributed by atoms with van der Waals surface area (Å²) in [6.45, 7) is 26.0. The lowest BCUT2D eigenvalue weighted by atomic mass is 9.76. The first kappa shape index (κ1) is 57.1. The topological polar surface area (TPSA) is 228 Å². The van der Waals surface area contributed by atoms with Gasteiger partial charge in [0.2, 0.25) is 17.6 Å². The lowest BCUT2D eigenvalue weighted by Crippen LogP contribution is -2.58. The number of primary amides is 1. The third kappa shape index (κ3) is 14.7. The van der Waals surface area contributed by atoms with Crippen LogP contribution in [0.25, 0.3) is 0 Å². The molecular weight excluding hydrogens is 877 g/mol. The van der Waals surface area contributed by atoms with Crippen molar-refractivity contribution in [1.29, 1.82) is 0 Å². The first-order valence-electron chi connectivity index (χ1n) is 23.9. The summed E-state index contributed by atoms with van der Waals surface area (Å²) in [6.07, 6.45) is 3.47. The van der Waals surface area contributed by atoms with Gasteiger partial charge >= 0.3 is 11.9 Å². The number of amides is 3. The molecule has 15 nitrogen and oxygen atoms in total. The maximum absolute atomic E-state index is 14.4. The van der Waals surface area contributed by atoms with Gasteiger partial charge in [0.25, 0.3) is 5.91 Å². The van der Waals surface area contributed by atoms with Crippen molar-refractivity contribution in [1.82, 2.24) is 15.1 Å². The standard InChI is InChI=1S/C36H61N3O7S.C11H13NO2.C4H8O2/c1-21(2)17-36(11,20-47(45,46)34(6,7)8)18-26(41)38-30(33(3,4)5)32(44)39-19-24-27(35(24,9)10)28(39)25(40)16-23(29(42)31(37)43)15-22-13-12-14-22;1-8-11(13)14-10(12(8)2)9-6-4-3-5-7-9;1-3(2)4(5)6/h21-24,27-28,30H,12-20H2,1-11H3,(H2,37,43)(H,38,41);3-8,10H,1-2H3;3H,1-2H3,(H,5,6)/t23?,24-,27-,28+,30-,36+;8-,10-;/m01./s1. The fourth-order valence-corrected chi connectivity index (χ4v) is 11.3. The fourth-order valence-electron chi connectivity index (χ4n) is 9.70. The van der Waals surface area contributed by atoms with E-state index < -0.39 is 67.0 Å². The monoisotopic (exact) mass is 959 g/mol. The van der Waals surface area contributed by atoms with Crippen LogP contribution in [0.1, 0.15) is 154 Å². The molecule has 4 fully saturated rings. The molecule has 0 spiro atoms. The molecule has 2 heterocycles. The van der Waals surface area contributed by atoms with Gasteiger partial charge in [0.15, 0.2) is 21.8 Å². The second-order valence-corrected chi connectivity index (χ2v) is 26.1. The molecule has 4 N–H and O–H groups in total. The van der Waals surface area contributed by atoms with Crippen molar-refractivity contribution in [2.45, 2.75) is 171 Å². The molecule has 378 valence electrons. The summed E-state index contributed by atoms with van der Waals surface area (Å²) in [5.41, 5.74) is 4.67. The number of carbonyl (C=O) groups is 7. The highest BCUT2D eigenvalue weighted by Gasteiger charge is 2.69. The number of likely N-dealkylation sites (tertiary alicyclic amines) is 1.